The van der Waals surface area contributed by atoms with Crippen molar-refractivity contribution in [2.75, 3.05) is 0 Å². The van der Waals surface area contributed by atoms with E-state index in [9.17, 15) is 0 Å². The van der Waals surface area contributed by atoms with Crippen LogP contribution in [-0.2, 0) is 13.0 Å². The lowest BCUT2D eigenvalue weighted by molar-refractivity contribution is 0.622. The molecule has 0 fully saturated rings. The van der Waals surface area contributed by atoms with Gasteiger partial charge in [0, 0.05) is 15.6 Å². The van der Waals surface area contributed by atoms with Crippen LogP contribution in [0.3, 0.4) is 0 Å². The number of hydrogen-bond donors (Lipinski definition) is 0. The molecule has 0 spiro atoms. The van der Waals surface area contributed by atoms with E-state index >= 15 is 0 Å². The number of aromatic nitrogens is 3. The minimum absolute atomic E-state index is 0.348. The van der Waals surface area contributed by atoms with E-state index in [1.54, 1.807) is 22.9 Å². The van der Waals surface area contributed by atoms with Crippen molar-refractivity contribution in [3.05, 3.63) is 45.2 Å². The second kappa shape index (κ2) is 5.38. The van der Waals surface area contributed by atoms with Gasteiger partial charge in [-0.3, -0.25) is 0 Å². The van der Waals surface area contributed by atoms with Crippen LogP contribution in [0, 0.1) is 11.3 Å². The Morgan fingerprint density at radius 2 is 2.00 bits per heavy atom. The van der Waals surface area contributed by atoms with Crippen molar-refractivity contribution in [1.29, 1.82) is 5.26 Å². The standard InChI is InChI=1S/C12H10Cl2N4/c1-2-12-11(6-15)16-17-18(12)7-8-9(13)4-3-5-10(8)14/h3-5H,2,7H2,1H3. The summed E-state index contributed by atoms with van der Waals surface area (Å²) < 4.78 is 1.66. The zero-order valence-corrected chi connectivity index (χ0v) is 11.2. The largest absolute Gasteiger partial charge is 0.243 e. The average Bonchev–Trinajstić information content (AvgIpc) is 2.75. The molecule has 4 nitrogen and oxygen atoms in total. The molecule has 0 aliphatic heterocycles. The first kappa shape index (κ1) is 12.9. The number of halogens is 2. The van der Waals surface area contributed by atoms with Crippen molar-refractivity contribution < 1.29 is 0 Å². The van der Waals surface area contributed by atoms with E-state index in [2.05, 4.69) is 10.3 Å². The molecule has 0 atom stereocenters. The van der Waals surface area contributed by atoms with Crippen molar-refractivity contribution in [3.8, 4) is 6.07 Å². The van der Waals surface area contributed by atoms with Crippen LogP contribution in [0.1, 0.15) is 23.9 Å². The quantitative estimate of drug-likeness (QED) is 0.868. The third kappa shape index (κ3) is 2.33. The summed E-state index contributed by atoms with van der Waals surface area (Å²) in [6.07, 6.45) is 0.679. The molecule has 2 aromatic rings. The zero-order valence-electron chi connectivity index (χ0n) is 9.69. The van der Waals surface area contributed by atoms with Crippen LogP contribution in [0.5, 0.6) is 0 Å². The lowest BCUT2D eigenvalue weighted by Crippen LogP contribution is -2.07. The van der Waals surface area contributed by atoms with E-state index in [1.807, 2.05) is 13.0 Å². The molecule has 0 saturated heterocycles. The number of hydrogen-bond acceptors (Lipinski definition) is 3. The molecule has 0 bridgehead atoms. The predicted octanol–water partition coefficient (Wildman–Crippen LogP) is 3.07. The Labute approximate surface area is 115 Å². The molecule has 0 unspecified atom stereocenters. The normalized spacial score (nSPS) is 10.3. The highest BCUT2D eigenvalue weighted by Gasteiger charge is 2.13. The van der Waals surface area contributed by atoms with Gasteiger partial charge in [0.1, 0.15) is 6.07 Å². The highest BCUT2D eigenvalue weighted by molar-refractivity contribution is 6.35. The second-order valence-corrected chi connectivity index (χ2v) is 4.52. The first-order valence-electron chi connectivity index (χ1n) is 5.42. The van der Waals surface area contributed by atoms with Gasteiger partial charge < -0.3 is 0 Å². The van der Waals surface area contributed by atoms with Gasteiger partial charge in [0.25, 0.3) is 0 Å². The molecule has 6 heteroatoms. The number of rotatable bonds is 3. The van der Waals surface area contributed by atoms with Gasteiger partial charge in [-0.05, 0) is 18.6 Å². The van der Waals surface area contributed by atoms with Crippen molar-refractivity contribution in [1.82, 2.24) is 15.0 Å². The molecule has 0 aliphatic rings. The third-order valence-electron chi connectivity index (χ3n) is 2.65. The van der Waals surface area contributed by atoms with Crippen LogP contribution in [0.25, 0.3) is 0 Å². The monoisotopic (exact) mass is 280 g/mol. The molecule has 1 aromatic heterocycles. The Balaban J connectivity index is 2.41. The lowest BCUT2D eigenvalue weighted by Gasteiger charge is -2.08. The molecule has 0 radical (unpaired) electrons. The van der Waals surface area contributed by atoms with Gasteiger partial charge in [-0.1, -0.05) is 41.4 Å². The summed E-state index contributed by atoms with van der Waals surface area (Å²) in [5.74, 6) is 0. The fourth-order valence-electron chi connectivity index (χ4n) is 1.73. The molecule has 18 heavy (non-hydrogen) atoms. The SMILES string of the molecule is CCc1c(C#N)nnn1Cc1c(Cl)cccc1Cl. The first-order valence-corrected chi connectivity index (χ1v) is 6.18. The van der Waals surface area contributed by atoms with Crippen LogP contribution in [-0.4, -0.2) is 15.0 Å². The Hall–Kier alpha value is -1.57. The van der Waals surface area contributed by atoms with Crippen LogP contribution < -0.4 is 0 Å². The smallest absolute Gasteiger partial charge is 0.185 e. The van der Waals surface area contributed by atoms with E-state index in [-0.39, 0.29) is 0 Å². The summed E-state index contributed by atoms with van der Waals surface area (Å²) in [4.78, 5) is 0. The molecule has 92 valence electrons. The van der Waals surface area contributed by atoms with Gasteiger partial charge in [-0.25, -0.2) is 4.68 Å². The maximum atomic E-state index is 8.92. The summed E-state index contributed by atoms with van der Waals surface area (Å²) in [5.41, 5.74) is 1.92. The first-order chi connectivity index (χ1) is 8.67. The van der Waals surface area contributed by atoms with Crippen LogP contribution in [0.2, 0.25) is 10.0 Å². The molecule has 0 N–H and O–H groups in total. The summed E-state index contributed by atoms with van der Waals surface area (Å²) in [5, 5.41) is 17.9. The molecular weight excluding hydrogens is 271 g/mol. The maximum absolute atomic E-state index is 8.92. The minimum atomic E-state index is 0.348. The van der Waals surface area contributed by atoms with Crippen molar-refractivity contribution in [3.63, 3.8) is 0 Å². The van der Waals surface area contributed by atoms with Gasteiger partial charge in [-0.2, -0.15) is 5.26 Å². The summed E-state index contributed by atoms with van der Waals surface area (Å²) in [7, 11) is 0. The van der Waals surface area contributed by atoms with E-state index in [4.69, 9.17) is 28.5 Å². The second-order valence-electron chi connectivity index (χ2n) is 3.71. The van der Waals surface area contributed by atoms with Gasteiger partial charge in [0.2, 0.25) is 0 Å². The lowest BCUT2D eigenvalue weighted by atomic mass is 10.2. The average molecular weight is 281 g/mol. The minimum Gasteiger partial charge on any atom is -0.243 e. The Morgan fingerprint density at radius 1 is 1.33 bits per heavy atom. The highest BCUT2D eigenvalue weighted by atomic mass is 35.5. The van der Waals surface area contributed by atoms with Crippen LogP contribution >= 0.6 is 23.2 Å². The van der Waals surface area contributed by atoms with E-state index in [1.165, 1.54) is 0 Å². The number of nitrogens with zero attached hydrogens (tertiary/aromatic N) is 4. The van der Waals surface area contributed by atoms with Crippen molar-refractivity contribution in [2.45, 2.75) is 19.9 Å². The molecular formula is C12H10Cl2N4. The summed E-state index contributed by atoms with van der Waals surface area (Å²) in [6, 6.07) is 7.36. The maximum Gasteiger partial charge on any atom is 0.185 e. The van der Waals surface area contributed by atoms with Gasteiger partial charge in [-0.15, -0.1) is 5.10 Å². The number of benzene rings is 1. The molecule has 1 heterocycles. The summed E-state index contributed by atoms with van der Waals surface area (Å²) in [6.45, 7) is 2.36. The fraction of sp³-hybridized carbons (Fsp3) is 0.250. The molecule has 0 aliphatic carbocycles. The van der Waals surface area contributed by atoms with Crippen LogP contribution in [0.15, 0.2) is 18.2 Å². The highest BCUT2D eigenvalue weighted by Crippen LogP contribution is 2.25. The number of nitriles is 1. The van der Waals surface area contributed by atoms with Gasteiger partial charge >= 0.3 is 0 Å². The van der Waals surface area contributed by atoms with Crippen molar-refractivity contribution >= 4 is 23.2 Å². The Bertz CT molecular complexity index is 593. The van der Waals surface area contributed by atoms with Gasteiger partial charge in [0.15, 0.2) is 5.69 Å². The Kier molecular flexibility index (Phi) is 3.85. The fourth-order valence-corrected chi connectivity index (χ4v) is 2.25. The summed E-state index contributed by atoms with van der Waals surface area (Å²) >= 11 is 12.2. The molecule has 2 rings (SSSR count). The topological polar surface area (TPSA) is 54.5 Å². The van der Waals surface area contributed by atoms with Gasteiger partial charge in [0.05, 0.1) is 12.2 Å². The van der Waals surface area contributed by atoms with E-state index < -0.39 is 0 Å². The predicted molar refractivity (Wildman–Crippen MR) is 69.7 cm³/mol. The zero-order chi connectivity index (χ0) is 13.1. The molecule has 0 saturated carbocycles. The Morgan fingerprint density at radius 3 is 2.56 bits per heavy atom. The molecule has 0 amide bonds. The third-order valence-corrected chi connectivity index (χ3v) is 3.36. The molecule has 1 aromatic carbocycles. The van der Waals surface area contributed by atoms with E-state index in [0.717, 1.165) is 11.3 Å². The van der Waals surface area contributed by atoms with E-state index in [0.29, 0.717) is 28.7 Å². The van der Waals surface area contributed by atoms with Crippen molar-refractivity contribution in [2.24, 2.45) is 0 Å². The van der Waals surface area contributed by atoms with Crippen LogP contribution in [0.4, 0.5) is 0 Å².